The maximum Gasteiger partial charge on any atom is 0.303 e. The Morgan fingerprint density at radius 2 is 1.81 bits per heavy atom. The SMILES string of the molecule is CCCC#CC(CCC1C(OC2CCCCO2)CC(O)C1CC(=O)O)OC1CCCCO1. The van der Waals surface area contributed by atoms with Crippen molar-refractivity contribution in [1.29, 1.82) is 0 Å². The Bertz CT molecular complexity index is 616. The third-order valence-corrected chi connectivity index (χ3v) is 6.72. The summed E-state index contributed by atoms with van der Waals surface area (Å²) in [6, 6.07) is 0. The number of ether oxygens (including phenoxy) is 4. The summed E-state index contributed by atoms with van der Waals surface area (Å²) >= 11 is 0. The molecule has 0 amide bonds. The minimum absolute atomic E-state index is 0.0595. The molecule has 0 spiro atoms. The summed E-state index contributed by atoms with van der Waals surface area (Å²) in [7, 11) is 0. The molecule has 32 heavy (non-hydrogen) atoms. The van der Waals surface area contributed by atoms with Crippen LogP contribution in [0.5, 0.6) is 0 Å². The zero-order valence-corrected chi connectivity index (χ0v) is 19.4. The first-order valence-electron chi connectivity index (χ1n) is 12.5. The first-order chi connectivity index (χ1) is 15.6. The highest BCUT2D eigenvalue weighted by molar-refractivity contribution is 5.67. The largest absolute Gasteiger partial charge is 0.481 e. The van der Waals surface area contributed by atoms with Crippen molar-refractivity contribution >= 4 is 5.97 Å². The van der Waals surface area contributed by atoms with Crippen molar-refractivity contribution in [2.24, 2.45) is 11.8 Å². The zero-order chi connectivity index (χ0) is 22.8. The standard InChI is InChI=1S/C25H40O7/c1-2-3-4-9-18(31-24-10-5-7-14-29-24)12-13-19-20(16-23(27)28)21(26)17-22(19)32-25-11-6-8-15-30-25/h18-22,24-26H,2-3,5-8,10-17H2,1H3,(H,27,28). The second-order valence-corrected chi connectivity index (χ2v) is 9.27. The maximum absolute atomic E-state index is 11.5. The maximum atomic E-state index is 11.5. The first-order valence-corrected chi connectivity index (χ1v) is 12.5. The molecule has 7 heteroatoms. The number of hydrogen-bond donors (Lipinski definition) is 2. The van der Waals surface area contributed by atoms with Crippen molar-refractivity contribution in [3.05, 3.63) is 0 Å². The summed E-state index contributed by atoms with van der Waals surface area (Å²) in [5.74, 6) is 5.17. The van der Waals surface area contributed by atoms with E-state index < -0.39 is 12.1 Å². The minimum atomic E-state index is -0.889. The third-order valence-electron chi connectivity index (χ3n) is 6.72. The van der Waals surface area contributed by atoms with Gasteiger partial charge < -0.3 is 29.2 Å². The number of carboxylic acids is 1. The molecule has 1 aliphatic carbocycles. The van der Waals surface area contributed by atoms with Gasteiger partial charge in [-0.25, -0.2) is 0 Å². The predicted octanol–water partition coefficient (Wildman–Crippen LogP) is 3.87. The quantitative estimate of drug-likeness (QED) is 0.486. The summed E-state index contributed by atoms with van der Waals surface area (Å²) < 4.78 is 23.9. The molecule has 7 unspecified atom stereocenters. The van der Waals surface area contributed by atoms with Gasteiger partial charge in [0.25, 0.3) is 0 Å². The van der Waals surface area contributed by atoms with Gasteiger partial charge >= 0.3 is 5.97 Å². The van der Waals surface area contributed by atoms with Crippen LogP contribution in [-0.4, -0.2) is 60.3 Å². The molecular formula is C25H40O7. The van der Waals surface area contributed by atoms with Crippen LogP contribution in [0.25, 0.3) is 0 Å². The Kier molecular flexibility index (Phi) is 10.8. The van der Waals surface area contributed by atoms with Crippen molar-refractivity contribution in [3.63, 3.8) is 0 Å². The third kappa shape index (κ3) is 8.00. The summed E-state index contributed by atoms with van der Waals surface area (Å²) in [6.07, 6.45) is 7.86. The molecular weight excluding hydrogens is 412 g/mol. The molecule has 1 saturated carbocycles. The van der Waals surface area contributed by atoms with Crippen molar-refractivity contribution in [3.8, 4) is 11.8 Å². The van der Waals surface area contributed by atoms with Crippen LogP contribution in [0, 0.1) is 23.7 Å². The van der Waals surface area contributed by atoms with Crippen LogP contribution in [0.15, 0.2) is 0 Å². The molecule has 7 atom stereocenters. The molecule has 7 nitrogen and oxygen atoms in total. The molecule has 3 fully saturated rings. The fourth-order valence-electron chi connectivity index (χ4n) is 5.04. The van der Waals surface area contributed by atoms with Crippen LogP contribution < -0.4 is 0 Å². The number of carboxylic acid groups (broad SMARTS) is 1. The molecule has 2 heterocycles. The number of aliphatic hydroxyl groups excluding tert-OH is 1. The van der Waals surface area contributed by atoms with E-state index in [0.717, 1.165) is 51.4 Å². The van der Waals surface area contributed by atoms with Gasteiger partial charge in [0.1, 0.15) is 6.10 Å². The van der Waals surface area contributed by atoms with Crippen LogP contribution in [0.3, 0.4) is 0 Å². The topological polar surface area (TPSA) is 94.5 Å². The van der Waals surface area contributed by atoms with E-state index in [1.54, 1.807) is 0 Å². The van der Waals surface area contributed by atoms with Crippen molar-refractivity contribution in [2.45, 2.75) is 115 Å². The molecule has 0 aromatic carbocycles. The number of aliphatic carboxylic acids is 1. The number of unbranched alkanes of at least 4 members (excludes halogenated alkanes) is 1. The monoisotopic (exact) mass is 452 g/mol. The molecule has 0 radical (unpaired) electrons. The van der Waals surface area contributed by atoms with E-state index in [0.29, 0.717) is 32.5 Å². The molecule has 3 aliphatic rings. The Morgan fingerprint density at radius 3 is 2.44 bits per heavy atom. The lowest BCUT2D eigenvalue weighted by atomic mass is 9.86. The number of aliphatic hydroxyl groups is 1. The molecule has 2 aliphatic heterocycles. The van der Waals surface area contributed by atoms with Crippen molar-refractivity contribution in [1.82, 2.24) is 0 Å². The second kappa shape index (κ2) is 13.5. The summed E-state index contributed by atoms with van der Waals surface area (Å²) in [5.41, 5.74) is 0. The Labute approximate surface area is 192 Å². The lowest BCUT2D eigenvalue weighted by Crippen LogP contribution is -2.33. The van der Waals surface area contributed by atoms with Gasteiger partial charge in [0, 0.05) is 32.0 Å². The van der Waals surface area contributed by atoms with Crippen molar-refractivity contribution in [2.75, 3.05) is 13.2 Å². The smallest absolute Gasteiger partial charge is 0.303 e. The number of hydrogen-bond acceptors (Lipinski definition) is 6. The molecule has 2 saturated heterocycles. The average Bonchev–Trinajstić information content (AvgIpc) is 3.06. The molecule has 0 bridgehead atoms. The van der Waals surface area contributed by atoms with Crippen LogP contribution in [0.2, 0.25) is 0 Å². The van der Waals surface area contributed by atoms with E-state index in [2.05, 4.69) is 18.8 Å². The first kappa shape index (κ1) is 25.5. The summed E-state index contributed by atoms with van der Waals surface area (Å²) in [5, 5.41) is 20.1. The Morgan fingerprint density at radius 1 is 1.09 bits per heavy atom. The van der Waals surface area contributed by atoms with Gasteiger partial charge in [-0.1, -0.05) is 12.8 Å². The van der Waals surface area contributed by atoms with Gasteiger partial charge in [-0.05, 0) is 63.7 Å². The van der Waals surface area contributed by atoms with E-state index in [4.69, 9.17) is 18.9 Å². The lowest BCUT2D eigenvalue weighted by molar-refractivity contribution is -0.198. The Balaban J connectivity index is 1.65. The molecule has 182 valence electrons. The summed E-state index contributed by atoms with van der Waals surface area (Å²) in [4.78, 5) is 11.5. The van der Waals surface area contributed by atoms with E-state index in [-0.39, 0.29) is 43.0 Å². The van der Waals surface area contributed by atoms with Crippen molar-refractivity contribution < 1.29 is 34.0 Å². The predicted molar refractivity (Wildman–Crippen MR) is 119 cm³/mol. The fraction of sp³-hybridized carbons (Fsp3) is 0.880. The van der Waals surface area contributed by atoms with Crippen LogP contribution in [0.4, 0.5) is 0 Å². The minimum Gasteiger partial charge on any atom is -0.481 e. The fourth-order valence-corrected chi connectivity index (χ4v) is 5.04. The average molecular weight is 453 g/mol. The normalized spacial score (nSPS) is 33.9. The molecule has 0 aromatic rings. The van der Waals surface area contributed by atoms with Gasteiger partial charge in [0.05, 0.1) is 18.6 Å². The zero-order valence-electron chi connectivity index (χ0n) is 19.4. The lowest BCUT2D eigenvalue weighted by Gasteiger charge is -2.31. The van der Waals surface area contributed by atoms with Gasteiger partial charge in [-0.2, -0.15) is 0 Å². The Hall–Kier alpha value is -1.17. The van der Waals surface area contributed by atoms with Crippen LogP contribution in [0.1, 0.15) is 84.0 Å². The summed E-state index contributed by atoms with van der Waals surface area (Å²) in [6.45, 7) is 3.50. The molecule has 0 aromatic heterocycles. The molecule has 3 rings (SSSR count). The van der Waals surface area contributed by atoms with Gasteiger partial charge in [0.15, 0.2) is 12.6 Å². The highest BCUT2D eigenvalue weighted by atomic mass is 16.7. The highest BCUT2D eigenvalue weighted by Crippen LogP contribution is 2.41. The van der Waals surface area contributed by atoms with Gasteiger partial charge in [-0.3, -0.25) is 4.79 Å². The van der Waals surface area contributed by atoms with Gasteiger partial charge in [0.2, 0.25) is 0 Å². The second-order valence-electron chi connectivity index (χ2n) is 9.27. The number of carbonyl (C=O) groups is 1. The van der Waals surface area contributed by atoms with E-state index in [1.165, 1.54) is 0 Å². The van der Waals surface area contributed by atoms with Gasteiger partial charge in [-0.15, -0.1) is 5.92 Å². The molecule has 2 N–H and O–H groups in total. The van der Waals surface area contributed by atoms with Crippen LogP contribution in [-0.2, 0) is 23.7 Å². The number of rotatable bonds is 10. The van der Waals surface area contributed by atoms with E-state index in [1.807, 2.05) is 0 Å². The highest BCUT2D eigenvalue weighted by Gasteiger charge is 2.45. The van der Waals surface area contributed by atoms with E-state index in [9.17, 15) is 15.0 Å². The van der Waals surface area contributed by atoms with Crippen LogP contribution >= 0.6 is 0 Å². The van der Waals surface area contributed by atoms with E-state index >= 15 is 0 Å².